The fraction of sp³-hybridized carbons (Fsp3) is 0.476. The van der Waals surface area contributed by atoms with Crippen LogP contribution in [0.5, 0.6) is 0 Å². The molecule has 2 aliphatic rings. The largest absolute Gasteiger partial charge is 0.356 e. The van der Waals surface area contributed by atoms with E-state index in [1.165, 1.54) is 5.56 Å². The Balaban J connectivity index is 1.35. The fourth-order valence-corrected chi connectivity index (χ4v) is 4.25. The lowest BCUT2D eigenvalue weighted by Crippen LogP contribution is -2.47. The maximum absolute atomic E-state index is 13.0. The van der Waals surface area contributed by atoms with Crippen molar-refractivity contribution in [3.63, 3.8) is 0 Å². The molecule has 136 valence electrons. The quantitative estimate of drug-likeness (QED) is 0.853. The van der Waals surface area contributed by atoms with Gasteiger partial charge in [0.15, 0.2) is 0 Å². The van der Waals surface area contributed by atoms with Crippen LogP contribution in [0, 0.1) is 5.92 Å². The van der Waals surface area contributed by atoms with E-state index in [0.29, 0.717) is 11.8 Å². The second-order valence-electron chi connectivity index (χ2n) is 7.35. The number of nitrogens with zero attached hydrogens (tertiary/aromatic N) is 4. The third-order valence-corrected chi connectivity index (χ3v) is 5.73. The molecule has 1 amide bonds. The minimum atomic E-state index is 0.100. The molecule has 1 atom stereocenters. The van der Waals surface area contributed by atoms with Gasteiger partial charge in [0.05, 0.1) is 5.92 Å². The van der Waals surface area contributed by atoms with Crippen LogP contribution in [0.15, 0.2) is 48.9 Å². The first kappa shape index (κ1) is 17.0. The molecule has 2 fully saturated rings. The Morgan fingerprint density at radius 2 is 1.77 bits per heavy atom. The molecule has 0 N–H and O–H groups in total. The van der Waals surface area contributed by atoms with Crippen molar-refractivity contribution in [2.75, 3.05) is 31.1 Å². The summed E-state index contributed by atoms with van der Waals surface area (Å²) in [6, 6.07) is 10.2. The fourth-order valence-electron chi connectivity index (χ4n) is 4.25. The van der Waals surface area contributed by atoms with Gasteiger partial charge in [-0.25, -0.2) is 4.98 Å². The van der Waals surface area contributed by atoms with Crippen molar-refractivity contribution in [1.29, 1.82) is 0 Å². The highest BCUT2D eigenvalue weighted by Crippen LogP contribution is 2.29. The van der Waals surface area contributed by atoms with Crippen LogP contribution in [-0.4, -0.2) is 47.0 Å². The van der Waals surface area contributed by atoms with Gasteiger partial charge in [-0.05, 0) is 61.4 Å². The van der Waals surface area contributed by atoms with E-state index in [-0.39, 0.29) is 5.92 Å². The smallest absolute Gasteiger partial charge is 0.227 e. The second-order valence-corrected chi connectivity index (χ2v) is 7.35. The zero-order chi connectivity index (χ0) is 17.8. The molecule has 0 saturated carbocycles. The Bertz CT molecular complexity index is 713. The van der Waals surface area contributed by atoms with Crippen LogP contribution in [0.25, 0.3) is 0 Å². The number of carbonyl (C=O) groups is 1. The predicted molar refractivity (Wildman–Crippen MR) is 102 cm³/mol. The van der Waals surface area contributed by atoms with E-state index in [1.807, 2.05) is 36.8 Å². The summed E-state index contributed by atoms with van der Waals surface area (Å²) in [6.07, 6.45) is 9.69. The second kappa shape index (κ2) is 7.85. The van der Waals surface area contributed by atoms with Crippen LogP contribution >= 0.6 is 0 Å². The topological polar surface area (TPSA) is 49.3 Å². The van der Waals surface area contributed by atoms with Crippen molar-refractivity contribution in [3.05, 3.63) is 54.5 Å². The van der Waals surface area contributed by atoms with Crippen LogP contribution in [0.2, 0.25) is 0 Å². The molecular formula is C21H26N4O. The van der Waals surface area contributed by atoms with Crippen molar-refractivity contribution in [2.45, 2.75) is 31.6 Å². The first-order valence-electron chi connectivity index (χ1n) is 9.66. The number of amides is 1. The lowest BCUT2D eigenvalue weighted by atomic mass is 9.89. The normalized spacial score (nSPS) is 21.6. The summed E-state index contributed by atoms with van der Waals surface area (Å²) in [7, 11) is 0. The minimum absolute atomic E-state index is 0.100. The molecule has 0 aromatic carbocycles. The molecular weight excluding hydrogens is 324 g/mol. The Morgan fingerprint density at radius 3 is 2.50 bits per heavy atom. The van der Waals surface area contributed by atoms with Crippen molar-refractivity contribution < 1.29 is 4.79 Å². The third-order valence-electron chi connectivity index (χ3n) is 5.73. The van der Waals surface area contributed by atoms with Gasteiger partial charge in [0.2, 0.25) is 5.91 Å². The van der Waals surface area contributed by atoms with E-state index in [0.717, 1.165) is 57.7 Å². The molecule has 26 heavy (non-hydrogen) atoms. The third kappa shape index (κ3) is 3.71. The summed E-state index contributed by atoms with van der Waals surface area (Å²) in [5, 5.41) is 0. The highest BCUT2D eigenvalue weighted by atomic mass is 16.2. The maximum atomic E-state index is 13.0. The van der Waals surface area contributed by atoms with Gasteiger partial charge in [0.25, 0.3) is 0 Å². The summed E-state index contributed by atoms with van der Waals surface area (Å²) < 4.78 is 0. The van der Waals surface area contributed by atoms with Crippen LogP contribution in [0.3, 0.4) is 0 Å². The van der Waals surface area contributed by atoms with E-state index in [2.05, 4.69) is 31.9 Å². The molecule has 0 spiro atoms. The first-order chi connectivity index (χ1) is 12.8. The highest BCUT2D eigenvalue weighted by Gasteiger charge is 2.32. The monoisotopic (exact) mass is 350 g/mol. The first-order valence-corrected chi connectivity index (χ1v) is 9.66. The lowest BCUT2D eigenvalue weighted by molar-refractivity contribution is -0.136. The van der Waals surface area contributed by atoms with E-state index in [4.69, 9.17) is 0 Å². The zero-order valence-corrected chi connectivity index (χ0v) is 15.1. The van der Waals surface area contributed by atoms with Gasteiger partial charge < -0.3 is 9.80 Å². The number of aromatic nitrogens is 2. The summed E-state index contributed by atoms with van der Waals surface area (Å²) in [4.78, 5) is 25.9. The molecule has 5 nitrogen and oxygen atoms in total. The zero-order valence-electron chi connectivity index (χ0n) is 15.1. The average molecular weight is 350 g/mol. The number of carbonyl (C=O) groups excluding carboxylic acids is 1. The SMILES string of the molecule is O=C([C@@H]1CCCN(c2ccccn2)C1)N1CCC(c2ccncc2)CC1. The molecule has 0 bridgehead atoms. The Kier molecular flexibility index (Phi) is 5.14. The van der Waals surface area contributed by atoms with E-state index >= 15 is 0 Å². The predicted octanol–water partition coefficient (Wildman–Crippen LogP) is 3.10. The van der Waals surface area contributed by atoms with Gasteiger partial charge >= 0.3 is 0 Å². The number of likely N-dealkylation sites (tertiary alicyclic amines) is 1. The van der Waals surface area contributed by atoms with Gasteiger partial charge in [-0.2, -0.15) is 0 Å². The molecule has 2 aliphatic heterocycles. The maximum Gasteiger partial charge on any atom is 0.227 e. The van der Waals surface area contributed by atoms with Crippen molar-refractivity contribution in [1.82, 2.24) is 14.9 Å². The van der Waals surface area contributed by atoms with Crippen molar-refractivity contribution >= 4 is 11.7 Å². The van der Waals surface area contributed by atoms with E-state index < -0.39 is 0 Å². The molecule has 2 aromatic rings. The molecule has 0 unspecified atom stereocenters. The van der Waals surface area contributed by atoms with Crippen molar-refractivity contribution in [2.24, 2.45) is 5.92 Å². The van der Waals surface area contributed by atoms with Crippen molar-refractivity contribution in [3.8, 4) is 0 Å². The number of hydrogen-bond donors (Lipinski definition) is 0. The van der Waals surface area contributed by atoms with Crippen LogP contribution < -0.4 is 4.90 Å². The standard InChI is InChI=1S/C21H26N4O/c26-21(19-4-3-13-25(16-19)20-5-1-2-10-23-20)24-14-8-18(9-15-24)17-6-11-22-12-7-17/h1-2,5-7,10-12,18-19H,3-4,8-9,13-16H2/t19-/m1/s1. The summed E-state index contributed by atoms with van der Waals surface area (Å²) in [5.74, 6) is 1.97. The Hall–Kier alpha value is -2.43. The molecule has 2 saturated heterocycles. The van der Waals surface area contributed by atoms with Gasteiger partial charge in [-0.15, -0.1) is 0 Å². The number of pyridine rings is 2. The number of anilines is 1. The van der Waals surface area contributed by atoms with Gasteiger partial charge in [0.1, 0.15) is 5.82 Å². The summed E-state index contributed by atoms with van der Waals surface area (Å²) in [6.45, 7) is 3.52. The molecule has 4 heterocycles. The van der Waals surface area contributed by atoms with Crippen LogP contribution in [-0.2, 0) is 4.79 Å². The van der Waals surface area contributed by atoms with E-state index in [1.54, 1.807) is 0 Å². The minimum Gasteiger partial charge on any atom is -0.356 e. The molecule has 0 aliphatic carbocycles. The van der Waals surface area contributed by atoms with Gasteiger partial charge in [-0.3, -0.25) is 9.78 Å². The van der Waals surface area contributed by atoms with E-state index in [9.17, 15) is 4.79 Å². The number of piperidine rings is 2. The molecule has 5 heteroatoms. The van der Waals surface area contributed by atoms with Crippen LogP contribution in [0.4, 0.5) is 5.82 Å². The Labute approximate surface area is 155 Å². The Morgan fingerprint density at radius 1 is 0.962 bits per heavy atom. The molecule has 0 radical (unpaired) electrons. The molecule has 4 rings (SSSR count). The lowest BCUT2D eigenvalue weighted by Gasteiger charge is -2.38. The number of hydrogen-bond acceptors (Lipinski definition) is 4. The molecule has 2 aromatic heterocycles. The highest BCUT2D eigenvalue weighted by molar-refractivity contribution is 5.80. The van der Waals surface area contributed by atoms with Crippen LogP contribution in [0.1, 0.15) is 37.2 Å². The number of rotatable bonds is 3. The van der Waals surface area contributed by atoms with Gasteiger partial charge in [0, 0.05) is 44.8 Å². The summed E-state index contributed by atoms with van der Waals surface area (Å²) >= 11 is 0. The summed E-state index contributed by atoms with van der Waals surface area (Å²) in [5.41, 5.74) is 1.35. The average Bonchev–Trinajstić information content (AvgIpc) is 2.75. The van der Waals surface area contributed by atoms with Gasteiger partial charge in [-0.1, -0.05) is 6.07 Å².